The van der Waals surface area contributed by atoms with Gasteiger partial charge in [-0.2, -0.15) is 18.2 Å². The molecule has 2 rings (SSSR count). The Morgan fingerprint density at radius 2 is 1.85 bits per heavy atom. The Morgan fingerprint density at radius 1 is 1.20 bits per heavy atom. The Hall–Kier alpha value is -1.89. The summed E-state index contributed by atoms with van der Waals surface area (Å²) >= 11 is 0. The molecule has 4 nitrogen and oxygen atoms in total. The van der Waals surface area contributed by atoms with Crippen LogP contribution < -0.4 is 5.32 Å². The summed E-state index contributed by atoms with van der Waals surface area (Å²) in [5.74, 6) is -1.40. The summed E-state index contributed by atoms with van der Waals surface area (Å²) in [6, 6.07) is 7.33. The summed E-state index contributed by atoms with van der Waals surface area (Å²) < 4.78 is 41.3. The van der Waals surface area contributed by atoms with Crippen molar-refractivity contribution in [2.24, 2.45) is 0 Å². The summed E-state index contributed by atoms with van der Waals surface area (Å²) in [5.41, 5.74) is 1.51. The van der Waals surface area contributed by atoms with Gasteiger partial charge in [-0.3, -0.25) is 0 Å². The standard InChI is InChI=1S/C13H14F3N3O/c1-8(2)17-7-9-3-5-10(6-4-9)11-18-12(20-19-11)13(14,15)16/h3-6,8,17H,7H2,1-2H3. The molecule has 0 unspecified atom stereocenters. The monoisotopic (exact) mass is 285 g/mol. The fourth-order valence-corrected chi connectivity index (χ4v) is 1.55. The van der Waals surface area contributed by atoms with Crippen LogP contribution in [0.25, 0.3) is 11.4 Å². The van der Waals surface area contributed by atoms with Crippen LogP contribution in [0.4, 0.5) is 13.2 Å². The third-order valence-electron chi connectivity index (χ3n) is 2.60. The van der Waals surface area contributed by atoms with E-state index in [2.05, 4.69) is 20.0 Å². The lowest BCUT2D eigenvalue weighted by Gasteiger charge is -2.07. The quantitative estimate of drug-likeness (QED) is 0.936. The van der Waals surface area contributed by atoms with Crippen molar-refractivity contribution in [1.82, 2.24) is 15.5 Å². The first-order valence-corrected chi connectivity index (χ1v) is 6.10. The van der Waals surface area contributed by atoms with Crippen LogP contribution in [-0.4, -0.2) is 16.2 Å². The minimum atomic E-state index is -4.62. The van der Waals surface area contributed by atoms with Gasteiger partial charge in [-0.1, -0.05) is 43.3 Å². The number of alkyl halides is 3. The van der Waals surface area contributed by atoms with Crippen molar-refractivity contribution in [2.75, 3.05) is 0 Å². The number of rotatable bonds is 4. The molecule has 1 heterocycles. The van der Waals surface area contributed by atoms with E-state index in [1.54, 1.807) is 12.1 Å². The zero-order valence-electron chi connectivity index (χ0n) is 11.0. The summed E-state index contributed by atoms with van der Waals surface area (Å²) in [6.45, 7) is 4.76. The van der Waals surface area contributed by atoms with Crippen LogP contribution in [0.1, 0.15) is 25.3 Å². The van der Waals surface area contributed by atoms with Crippen LogP contribution in [0.3, 0.4) is 0 Å². The van der Waals surface area contributed by atoms with Gasteiger partial charge in [-0.15, -0.1) is 0 Å². The summed E-state index contributed by atoms with van der Waals surface area (Å²) in [4.78, 5) is 3.34. The largest absolute Gasteiger partial charge is 0.471 e. The van der Waals surface area contributed by atoms with E-state index >= 15 is 0 Å². The Balaban J connectivity index is 2.12. The highest BCUT2D eigenvalue weighted by atomic mass is 19.4. The Bertz CT molecular complexity index is 561. The summed E-state index contributed by atoms with van der Waals surface area (Å²) in [7, 11) is 0. The topological polar surface area (TPSA) is 51.0 Å². The fraction of sp³-hybridized carbons (Fsp3) is 0.385. The summed E-state index contributed by atoms with van der Waals surface area (Å²) in [6.07, 6.45) is -4.62. The summed E-state index contributed by atoms with van der Waals surface area (Å²) in [5, 5.41) is 6.58. The predicted octanol–water partition coefficient (Wildman–Crippen LogP) is 3.25. The van der Waals surface area contributed by atoms with E-state index in [4.69, 9.17) is 0 Å². The van der Waals surface area contributed by atoms with E-state index in [0.29, 0.717) is 18.2 Å². The molecule has 0 spiro atoms. The van der Waals surface area contributed by atoms with Crippen molar-refractivity contribution in [3.8, 4) is 11.4 Å². The zero-order valence-corrected chi connectivity index (χ0v) is 11.0. The second-order valence-electron chi connectivity index (χ2n) is 4.65. The molecule has 0 aliphatic rings. The molecule has 2 aromatic rings. The van der Waals surface area contributed by atoms with E-state index in [1.165, 1.54) is 0 Å². The maximum absolute atomic E-state index is 12.4. The minimum Gasteiger partial charge on any atom is -0.329 e. The molecule has 1 aromatic heterocycles. The minimum absolute atomic E-state index is 0.0688. The van der Waals surface area contributed by atoms with Crippen molar-refractivity contribution in [3.63, 3.8) is 0 Å². The van der Waals surface area contributed by atoms with Crippen molar-refractivity contribution in [2.45, 2.75) is 32.6 Å². The van der Waals surface area contributed by atoms with Crippen molar-refractivity contribution >= 4 is 0 Å². The van der Waals surface area contributed by atoms with Gasteiger partial charge in [0.05, 0.1) is 0 Å². The molecule has 0 radical (unpaired) electrons. The lowest BCUT2D eigenvalue weighted by molar-refractivity contribution is -0.159. The third kappa shape index (κ3) is 3.57. The first-order chi connectivity index (χ1) is 9.36. The average Bonchev–Trinajstić information content (AvgIpc) is 2.86. The molecule has 0 amide bonds. The van der Waals surface area contributed by atoms with Crippen molar-refractivity contribution < 1.29 is 17.7 Å². The molecule has 0 saturated carbocycles. The van der Waals surface area contributed by atoms with Crippen LogP contribution in [0, 0.1) is 0 Å². The zero-order chi connectivity index (χ0) is 14.8. The number of hydrogen-bond acceptors (Lipinski definition) is 4. The molecule has 0 aliphatic heterocycles. The first kappa shape index (κ1) is 14.5. The van der Waals surface area contributed by atoms with Crippen molar-refractivity contribution in [1.29, 1.82) is 0 Å². The van der Waals surface area contributed by atoms with E-state index in [0.717, 1.165) is 5.56 Å². The smallest absolute Gasteiger partial charge is 0.329 e. The van der Waals surface area contributed by atoms with Crippen LogP contribution >= 0.6 is 0 Å². The molecular weight excluding hydrogens is 271 g/mol. The van der Waals surface area contributed by atoms with Gasteiger partial charge in [-0.05, 0) is 5.56 Å². The van der Waals surface area contributed by atoms with Gasteiger partial charge in [0.1, 0.15) is 0 Å². The van der Waals surface area contributed by atoms with Gasteiger partial charge >= 0.3 is 12.1 Å². The highest BCUT2D eigenvalue weighted by Crippen LogP contribution is 2.29. The average molecular weight is 285 g/mol. The lowest BCUT2D eigenvalue weighted by Crippen LogP contribution is -2.21. The number of hydrogen-bond donors (Lipinski definition) is 1. The molecule has 0 saturated heterocycles. The van der Waals surface area contributed by atoms with Crippen LogP contribution in [0.15, 0.2) is 28.8 Å². The number of aromatic nitrogens is 2. The van der Waals surface area contributed by atoms with E-state index in [-0.39, 0.29) is 5.82 Å². The van der Waals surface area contributed by atoms with Gasteiger partial charge in [0, 0.05) is 18.2 Å². The maximum atomic E-state index is 12.4. The van der Waals surface area contributed by atoms with Crippen molar-refractivity contribution in [3.05, 3.63) is 35.7 Å². The Morgan fingerprint density at radius 3 is 2.35 bits per heavy atom. The van der Waals surface area contributed by atoms with Gasteiger partial charge < -0.3 is 9.84 Å². The molecule has 108 valence electrons. The lowest BCUT2D eigenvalue weighted by atomic mass is 10.1. The van der Waals surface area contributed by atoms with Crippen LogP contribution in [0.5, 0.6) is 0 Å². The molecule has 20 heavy (non-hydrogen) atoms. The Labute approximate surface area is 114 Å². The molecule has 0 atom stereocenters. The van der Waals surface area contributed by atoms with Crippen LogP contribution in [0.2, 0.25) is 0 Å². The predicted molar refractivity (Wildman–Crippen MR) is 66.7 cm³/mol. The first-order valence-electron chi connectivity index (χ1n) is 6.10. The number of halogens is 3. The normalized spacial score (nSPS) is 12.1. The van der Waals surface area contributed by atoms with Gasteiger partial charge in [-0.25, -0.2) is 0 Å². The third-order valence-corrected chi connectivity index (χ3v) is 2.60. The van der Waals surface area contributed by atoms with Gasteiger partial charge in [0.2, 0.25) is 5.82 Å². The second-order valence-corrected chi connectivity index (χ2v) is 4.65. The number of nitrogens with one attached hydrogen (secondary N) is 1. The molecule has 7 heteroatoms. The molecule has 0 bridgehead atoms. The maximum Gasteiger partial charge on any atom is 0.471 e. The molecule has 0 fully saturated rings. The van der Waals surface area contributed by atoms with E-state index in [1.807, 2.05) is 26.0 Å². The molecule has 1 aromatic carbocycles. The van der Waals surface area contributed by atoms with Gasteiger partial charge in [0.25, 0.3) is 0 Å². The number of benzene rings is 1. The highest BCUT2D eigenvalue weighted by Gasteiger charge is 2.38. The second kappa shape index (κ2) is 5.62. The Kier molecular flexibility index (Phi) is 4.08. The molecule has 0 aliphatic carbocycles. The fourth-order valence-electron chi connectivity index (χ4n) is 1.55. The number of nitrogens with zero attached hydrogens (tertiary/aromatic N) is 2. The van der Waals surface area contributed by atoms with Gasteiger partial charge in [0.15, 0.2) is 0 Å². The van der Waals surface area contributed by atoms with E-state index < -0.39 is 12.1 Å². The van der Waals surface area contributed by atoms with E-state index in [9.17, 15) is 13.2 Å². The molecule has 1 N–H and O–H groups in total. The van der Waals surface area contributed by atoms with Crippen LogP contribution in [-0.2, 0) is 12.7 Å². The molecular formula is C13H14F3N3O. The highest BCUT2D eigenvalue weighted by molar-refractivity contribution is 5.54. The SMILES string of the molecule is CC(C)NCc1ccc(-c2noc(C(F)(F)F)n2)cc1.